The van der Waals surface area contributed by atoms with Crippen molar-refractivity contribution in [2.45, 2.75) is 13.1 Å². The van der Waals surface area contributed by atoms with Crippen molar-refractivity contribution in [3.05, 3.63) is 47.7 Å². The summed E-state index contributed by atoms with van der Waals surface area (Å²) in [5.41, 5.74) is 0.970. The highest BCUT2D eigenvalue weighted by Crippen LogP contribution is 2.36. The number of aryl methyl sites for hydroxylation is 1. The SMILES string of the molecule is Cc1c[nH]c(-c2ccccc2C(F)(F)F)c1. The van der Waals surface area contributed by atoms with Gasteiger partial charge in [0.2, 0.25) is 0 Å². The number of halogens is 3. The zero-order chi connectivity index (χ0) is 11.8. The lowest BCUT2D eigenvalue weighted by atomic mass is 10.0. The Morgan fingerprint density at radius 1 is 1.12 bits per heavy atom. The number of hydrogen-bond donors (Lipinski definition) is 1. The third-order valence-electron chi connectivity index (χ3n) is 2.35. The topological polar surface area (TPSA) is 15.8 Å². The van der Waals surface area contributed by atoms with Crippen molar-refractivity contribution in [2.75, 3.05) is 0 Å². The Kier molecular flexibility index (Phi) is 2.50. The third kappa shape index (κ3) is 1.96. The van der Waals surface area contributed by atoms with Gasteiger partial charge in [0.15, 0.2) is 0 Å². The minimum atomic E-state index is -4.32. The Balaban J connectivity index is 2.57. The van der Waals surface area contributed by atoms with Gasteiger partial charge in [0, 0.05) is 17.5 Å². The van der Waals surface area contributed by atoms with Gasteiger partial charge < -0.3 is 4.98 Å². The molecular weight excluding hydrogens is 215 g/mol. The van der Waals surface area contributed by atoms with Gasteiger partial charge in [0.1, 0.15) is 0 Å². The van der Waals surface area contributed by atoms with E-state index in [9.17, 15) is 13.2 Å². The summed E-state index contributed by atoms with van der Waals surface area (Å²) in [5, 5.41) is 0. The first kappa shape index (κ1) is 10.8. The number of alkyl halides is 3. The van der Waals surface area contributed by atoms with Gasteiger partial charge in [-0.3, -0.25) is 0 Å². The van der Waals surface area contributed by atoms with Gasteiger partial charge in [-0.05, 0) is 24.6 Å². The average Bonchev–Trinajstić information content (AvgIpc) is 2.64. The molecule has 0 atom stereocenters. The highest BCUT2D eigenvalue weighted by Gasteiger charge is 2.33. The Labute approximate surface area is 90.9 Å². The van der Waals surface area contributed by atoms with Crippen LogP contribution in [0, 0.1) is 6.92 Å². The second-order valence-corrected chi connectivity index (χ2v) is 3.63. The molecule has 1 aromatic heterocycles. The Morgan fingerprint density at radius 2 is 1.81 bits per heavy atom. The van der Waals surface area contributed by atoms with Crippen molar-refractivity contribution in [1.82, 2.24) is 4.98 Å². The molecule has 0 saturated carbocycles. The predicted molar refractivity (Wildman–Crippen MR) is 56.0 cm³/mol. The maximum atomic E-state index is 12.7. The number of aromatic nitrogens is 1. The summed E-state index contributed by atoms with van der Waals surface area (Å²) in [5.74, 6) is 0. The van der Waals surface area contributed by atoms with Crippen LogP contribution in [0.25, 0.3) is 11.3 Å². The van der Waals surface area contributed by atoms with Crippen molar-refractivity contribution >= 4 is 0 Å². The second-order valence-electron chi connectivity index (χ2n) is 3.63. The minimum absolute atomic E-state index is 0.183. The smallest absolute Gasteiger partial charge is 0.361 e. The highest BCUT2D eigenvalue weighted by atomic mass is 19.4. The van der Waals surface area contributed by atoms with Crippen LogP contribution in [-0.2, 0) is 6.18 Å². The molecule has 0 radical (unpaired) electrons. The van der Waals surface area contributed by atoms with Crippen molar-refractivity contribution in [3.63, 3.8) is 0 Å². The average molecular weight is 225 g/mol. The molecule has 1 aromatic carbocycles. The highest BCUT2D eigenvalue weighted by molar-refractivity contribution is 5.65. The molecule has 4 heteroatoms. The molecule has 0 amide bonds. The summed E-state index contributed by atoms with van der Waals surface area (Å²) < 4.78 is 38.2. The maximum absolute atomic E-state index is 12.7. The van der Waals surface area contributed by atoms with Crippen LogP contribution in [-0.4, -0.2) is 4.98 Å². The van der Waals surface area contributed by atoms with E-state index in [0.717, 1.165) is 11.6 Å². The van der Waals surface area contributed by atoms with E-state index in [1.165, 1.54) is 12.1 Å². The molecule has 0 aliphatic heterocycles. The van der Waals surface area contributed by atoms with Gasteiger partial charge in [-0.1, -0.05) is 18.2 Å². The largest absolute Gasteiger partial charge is 0.417 e. The molecule has 0 bridgehead atoms. The van der Waals surface area contributed by atoms with Crippen LogP contribution in [0.5, 0.6) is 0 Å². The van der Waals surface area contributed by atoms with E-state index in [4.69, 9.17) is 0 Å². The first-order chi connectivity index (χ1) is 7.48. The third-order valence-corrected chi connectivity index (χ3v) is 2.35. The van der Waals surface area contributed by atoms with E-state index in [1.807, 2.05) is 6.92 Å². The zero-order valence-corrected chi connectivity index (χ0v) is 8.60. The molecule has 2 aromatic rings. The van der Waals surface area contributed by atoms with Crippen LogP contribution >= 0.6 is 0 Å². The molecule has 0 aliphatic rings. The summed E-state index contributed by atoms with van der Waals surface area (Å²) >= 11 is 0. The van der Waals surface area contributed by atoms with Crippen molar-refractivity contribution in [2.24, 2.45) is 0 Å². The molecule has 16 heavy (non-hydrogen) atoms. The van der Waals surface area contributed by atoms with E-state index < -0.39 is 11.7 Å². The van der Waals surface area contributed by atoms with Crippen LogP contribution in [0.4, 0.5) is 13.2 Å². The van der Waals surface area contributed by atoms with Gasteiger partial charge in [0.05, 0.1) is 5.56 Å². The van der Waals surface area contributed by atoms with Crippen molar-refractivity contribution in [3.8, 4) is 11.3 Å². The Morgan fingerprint density at radius 3 is 2.38 bits per heavy atom. The Bertz CT molecular complexity index is 497. The summed E-state index contributed by atoms with van der Waals surface area (Å²) in [4.78, 5) is 2.83. The molecular formula is C12H10F3N. The normalized spacial score (nSPS) is 11.8. The van der Waals surface area contributed by atoms with Gasteiger partial charge in [-0.25, -0.2) is 0 Å². The zero-order valence-electron chi connectivity index (χ0n) is 8.60. The van der Waals surface area contributed by atoms with Crippen molar-refractivity contribution in [1.29, 1.82) is 0 Å². The minimum Gasteiger partial charge on any atom is -0.361 e. The van der Waals surface area contributed by atoms with E-state index >= 15 is 0 Å². The number of benzene rings is 1. The lowest BCUT2D eigenvalue weighted by Crippen LogP contribution is -2.06. The standard InChI is InChI=1S/C12H10F3N/c1-8-6-11(16-7-8)9-4-2-3-5-10(9)12(13,14)15/h2-7,16H,1H3. The lowest BCUT2D eigenvalue weighted by molar-refractivity contribution is -0.137. The number of rotatable bonds is 1. The van der Waals surface area contributed by atoms with E-state index in [2.05, 4.69) is 4.98 Å². The van der Waals surface area contributed by atoms with E-state index in [-0.39, 0.29) is 5.56 Å². The Hall–Kier alpha value is -1.71. The lowest BCUT2D eigenvalue weighted by Gasteiger charge is -2.11. The quantitative estimate of drug-likeness (QED) is 0.754. The molecule has 1 heterocycles. The number of aromatic amines is 1. The molecule has 1 N–H and O–H groups in total. The molecule has 84 valence electrons. The molecule has 0 spiro atoms. The summed E-state index contributed by atoms with van der Waals surface area (Å²) in [6, 6.07) is 7.24. The van der Waals surface area contributed by atoms with Crippen LogP contribution in [0.15, 0.2) is 36.5 Å². The van der Waals surface area contributed by atoms with Crippen LogP contribution < -0.4 is 0 Å². The monoisotopic (exact) mass is 225 g/mol. The molecule has 2 rings (SSSR count). The summed E-state index contributed by atoms with van der Waals surface area (Å²) in [6.45, 7) is 1.83. The summed E-state index contributed by atoms with van der Waals surface area (Å²) in [7, 11) is 0. The predicted octanol–water partition coefficient (Wildman–Crippen LogP) is 4.01. The first-order valence-electron chi connectivity index (χ1n) is 4.80. The number of H-pyrrole nitrogens is 1. The fourth-order valence-corrected chi connectivity index (χ4v) is 1.62. The van der Waals surface area contributed by atoms with Crippen LogP contribution in [0.2, 0.25) is 0 Å². The fraction of sp³-hybridized carbons (Fsp3) is 0.167. The summed E-state index contributed by atoms with van der Waals surface area (Å²) in [6.07, 6.45) is -2.64. The molecule has 0 fully saturated rings. The van der Waals surface area contributed by atoms with Gasteiger partial charge in [0.25, 0.3) is 0 Å². The van der Waals surface area contributed by atoms with E-state index in [1.54, 1.807) is 18.3 Å². The molecule has 0 aliphatic carbocycles. The second kappa shape index (κ2) is 3.70. The fourth-order valence-electron chi connectivity index (χ4n) is 1.62. The number of nitrogens with one attached hydrogen (secondary N) is 1. The van der Waals surface area contributed by atoms with Crippen LogP contribution in [0.3, 0.4) is 0 Å². The maximum Gasteiger partial charge on any atom is 0.417 e. The first-order valence-corrected chi connectivity index (χ1v) is 4.80. The number of hydrogen-bond acceptors (Lipinski definition) is 0. The molecule has 0 saturated heterocycles. The van der Waals surface area contributed by atoms with Gasteiger partial charge in [-0.15, -0.1) is 0 Å². The van der Waals surface area contributed by atoms with Crippen molar-refractivity contribution < 1.29 is 13.2 Å². The van der Waals surface area contributed by atoms with E-state index in [0.29, 0.717) is 5.69 Å². The van der Waals surface area contributed by atoms with Gasteiger partial charge >= 0.3 is 6.18 Å². The van der Waals surface area contributed by atoms with Crippen LogP contribution in [0.1, 0.15) is 11.1 Å². The van der Waals surface area contributed by atoms with Gasteiger partial charge in [-0.2, -0.15) is 13.2 Å². The molecule has 0 unspecified atom stereocenters. The molecule has 1 nitrogen and oxygen atoms in total.